The first-order valence-electron chi connectivity index (χ1n) is 8.06. The van der Waals surface area contributed by atoms with Crippen molar-refractivity contribution in [3.63, 3.8) is 0 Å². The minimum absolute atomic E-state index is 0.127. The first-order valence-corrected chi connectivity index (χ1v) is 9.50. The predicted octanol–water partition coefficient (Wildman–Crippen LogP) is 1.74. The van der Waals surface area contributed by atoms with Crippen molar-refractivity contribution in [2.24, 2.45) is 5.73 Å². The number of rotatable bonds is 7. The van der Waals surface area contributed by atoms with Gasteiger partial charge >= 0.3 is 0 Å². The minimum atomic E-state index is -3.90. The third-order valence-electron chi connectivity index (χ3n) is 4.14. The van der Waals surface area contributed by atoms with Crippen LogP contribution in [0.3, 0.4) is 0 Å². The summed E-state index contributed by atoms with van der Waals surface area (Å²) in [6, 6.07) is 2.93. The third kappa shape index (κ3) is 4.24. The number of ether oxygens (including phenoxy) is 2. The Balaban J connectivity index is 2.38. The van der Waals surface area contributed by atoms with Gasteiger partial charge in [-0.05, 0) is 38.0 Å². The topological polar surface area (TPSA) is 81.9 Å². The quantitative estimate of drug-likeness (QED) is 0.749. The first kappa shape index (κ1) is 19.1. The van der Waals surface area contributed by atoms with Gasteiger partial charge in [-0.25, -0.2) is 12.8 Å². The van der Waals surface area contributed by atoms with Gasteiger partial charge in [0.25, 0.3) is 0 Å². The molecule has 1 saturated heterocycles. The van der Waals surface area contributed by atoms with Crippen molar-refractivity contribution in [2.75, 3.05) is 26.9 Å². The van der Waals surface area contributed by atoms with E-state index in [4.69, 9.17) is 15.2 Å². The van der Waals surface area contributed by atoms with E-state index < -0.39 is 15.8 Å². The molecule has 2 N–H and O–H groups in total. The van der Waals surface area contributed by atoms with Crippen LogP contribution < -0.4 is 10.5 Å². The van der Waals surface area contributed by atoms with Gasteiger partial charge < -0.3 is 15.2 Å². The largest absolute Gasteiger partial charge is 0.490 e. The van der Waals surface area contributed by atoms with Crippen molar-refractivity contribution in [3.8, 4) is 5.75 Å². The van der Waals surface area contributed by atoms with E-state index in [1.54, 1.807) is 6.92 Å². The number of sulfonamides is 1. The lowest BCUT2D eigenvalue weighted by Gasteiger charge is -2.37. The van der Waals surface area contributed by atoms with Crippen molar-refractivity contribution in [2.45, 2.75) is 43.2 Å². The molecule has 2 atom stereocenters. The van der Waals surface area contributed by atoms with Crippen LogP contribution in [0.4, 0.5) is 4.39 Å². The molecule has 8 heteroatoms. The van der Waals surface area contributed by atoms with Crippen LogP contribution in [0.5, 0.6) is 5.75 Å². The Morgan fingerprint density at radius 1 is 1.38 bits per heavy atom. The maximum Gasteiger partial charge on any atom is 0.247 e. The van der Waals surface area contributed by atoms with Crippen molar-refractivity contribution in [1.29, 1.82) is 0 Å². The molecule has 0 aromatic heterocycles. The van der Waals surface area contributed by atoms with E-state index in [2.05, 4.69) is 0 Å². The van der Waals surface area contributed by atoms with Gasteiger partial charge in [-0.3, -0.25) is 0 Å². The lowest BCUT2D eigenvalue weighted by atomic mass is 10.00. The summed E-state index contributed by atoms with van der Waals surface area (Å²) in [5.41, 5.74) is 5.97. The number of nitrogens with zero attached hydrogens (tertiary/aromatic N) is 1. The zero-order chi connectivity index (χ0) is 17.7. The Hall–Kier alpha value is -1.22. The van der Waals surface area contributed by atoms with Gasteiger partial charge in [-0.15, -0.1) is 0 Å². The molecular weight excluding hydrogens is 335 g/mol. The van der Waals surface area contributed by atoms with Crippen LogP contribution in [0.25, 0.3) is 0 Å². The predicted molar refractivity (Wildman–Crippen MR) is 89.0 cm³/mol. The number of nitrogens with two attached hydrogens (primary N) is 1. The number of methoxy groups -OCH3 is 1. The maximum atomic E-state index is 13.7. The summed E-state index contributed by atoms with van der Waals surface area (Å²) >= 11 is 0. The van der Waals surface area contributed by atoms with Crippen LogP contribution in [-0.4, -0.2) is 51.7 Å². The van der Waals surface area contributed by atoms with Crippen LogP contribution in [0, 0.1) is 5.82 Å². The Morgan fingerprint density at radius 3 is 2.79 bits per heavy atom. The van der Waals surface area contributed by atoms with E-state index >= 15 is 0 Å². The van der Waals surface area contributed by atoms with E-state index in [-0.39, 0.29) is 29.3 Å². The molecule has 1 heterocycles. The summed E-state index contributed by atoms with van der Waals surface area (Å²) in [6.07, 6.45) is 2.39. The molecule has 136 valence electrons. The van der Waals surface area contributed by atoms with E-state index in [1.165, 1.54) is 23.5 Å². The average molecular weight is 360 g/mol. The van der Waals surface area contributed by atoms with E-state index in [1.807, 2.05) is 0 Å². The fourth-order valence-corrected chi connectivity index (χ4v) is 4.84. The lowest BCUT2D eigenvalue weighted by Crippen LogP contribution is -2.51. The molecule has 0 amide bonds. The number of halogens is 1. The monoisotopic (exact) mass is 360 g/mol. The zero-order valence-corrected chi connectivity index (χ0v) is 14.9. The van der Waals surface area contributed by atoms with Crippen LogP contribution in [0.2, 0.25) is 0 Å². The normalized spacial score (nSPS) is 20.8. The van der Waals surface area contributed by atoms with Gasteiger partial charge in [0.15, 0.2) is 0 Å². The SMILES string of the molecule is COCCOc1ccc(F)cc1S(=O)(=O)N1CCCCC1C(C)N. The Bertz CT molecular complexity index is 651. The summed E-state index contributed by atoms with van der Waals surface area (Å²) in [6.45, 7) is 2.66. The lowest BCUT2D eigenvalue weighted by molar-refractivity contribution is 0.144. The van der Waals surface area contributed by atoms with Gasteiger partial charge in [0.2, 0.25) is 10.0 Å². The zero-order valence-electron chi connectivity index (χ0n) is 14.1. The number of benzene rings is 1. The van der Waals surface area contributed by atoms with Gasteiger partial charge in [0, 0.05) is 25.7 Å². The second kappa shape index (κ2) is 8.24. The van der Waals surface area contributed by atoms with Crippen LogP contribution in [-0.2, 0) is 14.8 Å². The van der Waals surface area contributed by atoms with Gasteiger partial charge in [-0.2, -0.15) is 4.31 Å². The van der Waals surface area contributed by atoms with Crippen LogP contribution >= 0.6 is 0 Å². The molecule has 1 aromatic carbocycles. The molecule has 0 bridgehead atoms. The summed E-state index contributed by atoms with van der Waals surface area (Å²) in [4.78, 5) is -0.161. The molecule has 2 unspecified atom stereocenters. The number of hydrogen-bond acceptors (Lipinski definition) is 5. The smallest absolute Gasteiger partial charge is 0.247 e. The molecule has 1 aliphatic heterocycles. The minimum Gasteiger partial charge on any atom is -0.490 e. The van der Waals surface area contributed by atoms with E-state index in [9.17, 15) is 12.8 Å². The second-order valence-corrected chi connectivity index (χ2v) is 7.83. The Morgan fingerprint density at radius 2 is 2.12 bits per heavy atom. The van der Waals surface area contributed by atoms with Crippen LogP contribution in [0.15, 0.2) is 23.1 Å². The fourth-order valence-electron chi connectivity index (χ4n) is 2.92. The molecule has 0 aliphatic carbocycles. The number of hydrogen-bond donors (Lipinski definition) is 1. The molecule has 0 spiro atoms. The summed E-state index contributed by atoms with van der Waals surface area (Å²) in [5, 5.41) is 0. The molecule has 0 saturated carbocycles. The van der Waals surface area contributed by atoms with Gasteiger partial charge in [0.1, 0.15) is 23.1 Å². The van der Waals surface area contributed by atoms with Crippen molar-refractivity contribution < 1.29 is 22.3 Å². The average Bonchev–Trinajstić information content (AvgIpc) is 2.56. The highest BCUT2D eigenvalue weighted by molar-refractivity contribution is 7.89. The van der Waals surface area contributed by atoms with Crippen LogP contribution in [0.1, 0.15) is 26.2 Å². The molecule has 6 nitrogen and oxygen atoms in total. The van der Waals surface area contributed by atoms with Gasteiger partial charge in [0.05, 0.1) is 6.61 Å². The molecule has 1 fully saturated rings. The summed E-state index contributed by atoms with van der Waals surface area (Å²) in [7, 11) is -2.38. The maximum absolute atomic E-state index is 13.7. The fraction of sp³-hybridized carbons (Fsp3) is 0.625. The molecule has 1 aliphatic rings. The van der Waals surface area contributed by atoms with E-state index in [0.717, 1.165) is 18.9 Å². The van der Waals surface area contributed by atoms with Crippen molar-refractivity contribution >= 4 is 10.0 Å². The highest BCUT2D eigenvalue weighted by atomic mass is 32.2. The van der Waals surface area contributed by atoms with E-state index in [0.29, 0.717) is 19.6 Å². The highest BCUT2D eigenvalue weighted by Crippen LogP contribution is 2.32. The number of piperidine rings is 1. The third-order valence-corrected chi connectivity index (χ3v) is 6.09. The van der Waals surface area contributed by atoms with Gasteiger partial charge in [-0.1, -0.05) is 6.42 Å². The summed E-state index contributed by atoms with van der Waals surface area (Å²) in [5.74, 6) is -0.496. The first-order chi connectivity index (χ1) is 11.4. The molecule has 1 aromatic rings. The molecule has 2 rings (SSSR count). The standard InChI is InChI=1S/C16H25FN2O4S/c1-12(18)14-5-3-4-8-19(14)24(20,21)16-11-13(17)6-7-15(16)23-10-9-22-2/h6-7,11-12,14H,3-5,8-10,18H2,1-2H3. The summed E-state index contributed by atoms with van der Waals surface area (Å²) < 4.78 is 51.7. The van der Waals surface area contributed by atoms with Crippen molar-refractivity contribution in [3.05, 3.63) is 24.0 Å². The molecule has 24 heavy (non-hydrogen) atoms. The van der Waals surface area contributed by atoms with Crippen molar-refractivity contribution in [1.82, 2.24) is 4.31 Å². The molecule has 0 radical (unpaired) electrons. The second-order valence-electron chi connectivity index (χ2n) is 5.97. The Kier molecular flexibility index (Phi) is 6.56. The Labute approximate surface area is 142 Å². The highest BCUT2D eigenvalue weighted by Gasteiger charge is 2.37. The molecular formula is C16H25FN2O4S.